The average molecular weight is 518 g/mol. The minimum Gasteiger partial charge on any atom is -0.497 e. The average Bonchev–Trinajstić information content (AvgIpc) is 2.83. The molecule has 0 unspecified atom stereocenters. The first-order valence-corrected chi connectivity index (χ1v) is 14.1. The van der Waals surface area contributed by atoms with Gasteiger partial charge in [0, 0.05) is 13.1 Å². The van der Waals surface area contributed by atoms with E-state index in [1.807, 2.05) is 52.0 Å². The van der Waals surface area contributed by atoms with Crippen LogP contribution in [0.25, 0.3) is 0 Å². The van der Waals surface area contributed by atoms with Crippen molar-refractivity contribution >= 4 is 27.5 Å². The van der Waals surface area contributed by atoms with E-state index in [1.165, 1.54) is 4.90 Å². The molecule has 0 radical (unpaired) electrons. The summed E-state index contributed by atoms with van der Waals surface area (Å²) < 4.78 is 31.9. The first-order chi connectivity index (χ1) is 17.0. The number of sulfonamides is 1. The predicted octanol–water partition coefficient (Wildman–Crippen LogP) is 3.80. The molecule has 0 spiro atoms. The smallest absolute Gasteiger partial charge is 0.244 e. The number of benzene rings is 2. The molecule has 36 heavy (non-hydrogen) atoms. The summed E-state index contributed by atoms with van der Waals surface area (Å²) >= 11 is 0. The molecule has 198 valence electrons. The number of unbranched alkanes of at least 4 members (excludes halogenated alkanes) is 1. The van der Waals surface area contributed by atoms with Crippen molar-refractivity contribution in [1.29, 1.82) is 0 Å². The third-order valence-corrected chi connectivity index (χ3v) is 7.17. The summed E-state index contributed by atoms with van der Waals surface area (Å²) in [5, 5.41) is 2.92. The molecule has 0 heterocycles. The van der Waals surface area contributed by atoms with Crippen LogP contribution in [-0.4, -0.2) is 57.6 Å². The minimum atomic E-state index is -3.77. The van der Waals surface area contributed by atoms with Crippen molar-refractivity contribution in [2.45, 2.75) is 59.5 Å². The molecule has 0 saturated heterocycles. The highest BCUT2D eigenvalue weighted by Crippen LogP contribution is 2.25. The maximum atomic E-state index is 13.7. The molecule has 1 N–H and O–H groups in total. The van der Waals surface area contributed by atoms with Crippen molar-refractivity contribution in [3.05, 3.63) is 59.2 Å². The molecule has 8 nitrogen and oxygen atoms in total. The molecular weight excluding hydrogens is 478 g/mol. The molecule has 9 heteroatoms. The Labute approximate surface area is 215 Å². The number of nitrogens with one attached hydrogen (secondary N) is 1. The fourth-order valence-electron chi connectivity index (χ4n) is 3.94. The van der Waals surface area contributed by atoms with Crippen LogP contribution in [0.1, 0.15) is 49.8 Å². The van der Waals surface area contributed by atoms with Crippen molar-refractivity contribution in [1.82, 2.24) is 10.2 Å². The number of methoxy groups -OCH3 is 1. The number of nitrogens with zero attached hydrogens (tertiary/aromatic N) is 2. The number of hydrogen-bond acceptors (Lipinski definition) is 5. The number of amides is 2. The maximum Gasteiger partial charge on any atom is 0.244 e. The SMILES string of the molecule is CCCCNC(=O)[C@@H](CC)N(Cc1ccc(OC)cc1)C(=O)CN(c1cc(C)ccc1C)S(C)(=O)=O. The van der Waals surface area contributed by atoms with Crippen LogP contribution >= 0.6 is 0 Å². The number of ether oxygens (including phenoxy) is 1. The predicted molar refractivity (Wildman–Crippen MR) is 144 cm³/mol. The Bertz CT molecular complexity index is 1130. The third-order valence-electron chi connectivity index (χ3n) is 6.04. The van der Waals surface area contributed by atoms with Gasteiger partial charge in [-0.05, 0) is 61.6 Å². The van der Waals surface area contributed by atoms with Crippen LogP contribution in [0.2, 0.25) is 0 Å². The van der Waals surface area contributed by atoms with Gasteiger partial charge < -0.3 is 15.0 Å². The molecule has 2 amide bonds. The maximum absolute atomic E-state index is 13.7. The first-order valence-electron chi connectivity index (χ1n) is 12.3. The first kappa shape index (κ1) is 29.2. The third kappa shape index (κ3) is 7.98. The molecular formula is C27H39N3O5S. The standard InChI is InChI=1S/C27H39N3O5S/c1-7-9-16-28-27(32)24(8-2)29(18-22-12-14-23(35-5)15-13-22)26(31)19-30(36(6,33)34)25-17-20(3)10-11-21(25)4/h10-15,17,24H,7-9,16,18-19H2,1-6H3,(H,28,32)/t24-/m1/s1. The molecule has 0 aliphatic carbocycles. The van der Waals surface area contributed by atoms with E-state index in [9.17, 15) is 18.0 Å². The summed E-state index contributed by atoms with van der Waals surface area (Å²) in [5.74, 6) is -0.0146. The van der Waals surface area contributed by atoms with Gasteiger partial charge in [-0.15, -0.1) is 0 Å². The molecule has 1 atom stereocenters. The van der Waals surface area contributed by atoms with Gasteiger partial charge in [0.2, 0.25) is 21.8 Å². The van der Waals surface area contributed by atoms with Crippen LogP contribution in [0, 0.1) is 13.8 Å². The molecule has 2 rings (SSSR count). The Kier molecular flexibility index (Phi) is 10.8. The zero-order valence-electron chi connectivity index (χ0n) is 22.2. The van der Waals surface area contributed by atoms with E-state index in [0.29, 0.717) is 24.4 Å². The van der Waals surface area contributed by atoms with Crippen molar-refractivity contribution in [3.8, 4) is 5.75 Å². The topological polar surface area (TPSA) is 96.0 Å². The van der Waals surface area contributed by atoms with Gasteiger partial charge in [-0.1, -0.05) is 44.5 Å². The number of hydrogen-bond donors (Lipinski definition) is 1. The Morgan fingerprint density at radius 1 is 1.06 bits per heavy atom. The number of anilines is 1. The van der Waals surface area contributed by atoms with Gasteiger partial charge in [-0.3, -0.25) is 13.9 Å². The van der Waals surface area contributed by atoms with Crippen molar-refractivity contribution < 1.29 is 22.7 Å². The molecule has 0 fully saturated rings. The highest BCUT2D eigenvalue weighted by Gasteiger charge is 2.32. The van der Waals surface area contributed by atoms with E-state index >= 15 is 0 Å². The lowest BCUT2D eigenvalue weighted by molar-refractivity contribution is -0.140. The Morgan fingerprint density at radius 3 is 2.28 bits per heavy atom. The fourth-order valence-corrected chi connectivity index (χ4v) is 4.84. The Hall–Kier alpha value is -3.07. The largest absolute Gasteiger partial charge is 0.497 e. The number of carbonyl (C=O) groups excluding carboxylic acids is 2. The van der Waals surface area contributed by atoms with Crippen LogP contribution < -0.4 is 14.4 Å². The molecule has 0 aromatic heterocycles. The quantitative estimate of drug-likeness (QED) is 0.408. The Balaban J connectivity index is 2.44. The van der Waals surface area contributed by atoms with Crippen LogP contribution in [0.5, 0.6) is 5.75 Å². The number of carbonyl (C=O) groups is 2. The van der Waals surface area contributed by atoms with E-state index in [0.717, 1.165) is 40.1 Å². The van der Waals surface area contributed by atoms with Crippen LogP contribution in [-0.2, 0) is 26.2 Å². The van der Waals surface area contributed by atoms with Crippen molar-refractivity contribution in [2.24, 2.45) is 0 Å². The minimum absolute atomic E-state index is 0.160. The summed E-state index contributed by atoms with van der Waals surface area (Å²) in [6, 6.07) is 12.0. The highest BCUT2D eigenvalue weighted by atomic mass is 32.2. The molecule has 0 saturated carbocycles. The van der Waals surface area contributed by atoms with Gasteiger partial charge in [0.05, 0.1) is 19.1 Å². The van der Waals surface area contributed by atoms with Crippen LogP contribution in [0.4, 0.5) is 5.69 Å². The van der Waals surface area contributed by atoms with E-state index in [1.54, 1.807) is 25.3 Å². The molecule has 0 aliphatic rings. The molecule has 2 aromatic rings. The lowest BCUT2D eigenvalue weighted by atomic mass is 10.1. The zero-order chi connectivity index (χ0) is 26.9. The van der Waals surface area contributed by atoms with E-state index in [-0.39, 0.29) is 12.5 Å². The van der Waals surface area contributed by atoms with Crippen LogP contribution in [0.3, 0.4) is 0 Å². The van der Waals surface area contributed by atoms with Gasteiger partial charge in [0.15, 0.2) is 0 Å². The normalized spacial score (nSPS) is 12.1. The number of aryl methyl sites for hydroxylation is 2. The monoisotopic (exact) mass is 517 g/mol. The second kappa shape index (κ2) is 13.3. The zero-order valence-corrected chi connectivity index (χ0v) is 23.0. The second-order valence-electron chi connectivity index (χ2n) is 9.00. The van der Waals surface area contributed by atoms with Crippen molar-refractivity contribution in [3.63, 3.8) is 0 Å². The second-order valence-corrected chi connectivity index (χ2v) is 10.9. The van der Waals surface area contributed by atoms with Gasteiger partial charge in [-0.25, -0.2) is 8.42 Å². The van der Waals surface area contributed by atoms with Crippen LogP contribution in [0.15, 0.2) is 42.5 Å². The van der Waals surface area contributed by atoms with Gasteiger partial charge in [0.1, 0.15) is 18.3 Å². The van der Waals surface area contributed by atoms with Gasteiger partial charge in [0.25, 0.3) is 0 Å². The fraction of sp³-hybridized carbons (Fsp3) is 0.481. The summed E-state index contributed by atoms with van der Waals surface area (Å²) in [6.07, 6.45) is 3.25. The van der Waals surface area contributed by atoms with E-state index in [4.69, 9.17) is 4.74 Å². The van der Waals surface area contributed by atoms with E-state index < -0.39 is 28.5 Å². The lowest BCUT2D eigenvalue weighted by Gasteiger charge is -2.33. The summed E-state index contributed by atoms with van der Waals surface area (Å²) in [4.78, 5) is 28.3. The molecule has 0 aliphatic heterocycles. The lowest BCUT2D eigenvalue weighted by Crippen LogP contribution is -2.52. The van der Waals surface area contributed by atoms with E-state index in [2.05, 4.69) is 5.32 Å². The summed E-state index contributed by atoms with van der Waals surface area (Å²) in [5.41, 5.74) is 2.88. The van der Waals surface area contributed by atoms with Crippen molar-refractivity contribution in [2.75, 3.05) is 30.8 Å². The number of rotatable bonds is 13. The summed E-state index contributed by atoms with van der Waals surface area (Å²) in [6.45, 7) is 7.84. The summed E-state index contributed by atoms with van der Waals surface area (Å²) in [7, 11) is -2.19. The molecule has 2 aromatic carbocycles. The van der Waals surface area contributed by atoms with Gasteiger partial charge >= 0.3 is 0 Å². The molecule has 0 bridgehead atoms. The Morgan fingerprint density at radius 2 is 1.72 bits per heavy atom. The highest BCUT2D eigenvalue weighted by molar-refractivity contribution is 7.92. The van der Waals surface area contributed by atoms with Gasteiger partial charge in [-0.2, -0.15) is 0 Å².